The largest absolute Gasteiger partial charge is 0.462 e. The molecule has 0 aliphatic heterocycles. The van der Waals surface area contributed by atoms with Gasteiger partial charge in [0.15, 0.2) is 0 Å². The molecule has 0 fully saturated rings. The summed E-state index contributed by atoms with van der Waals surface area (Å²) in [5.74, 6) is -0.966. The second-order valence-electron chi connectivity index (χ2n) is 2.41. The van der Waals surface area contributed by atoms with Crippen LogP contribution in [-0.4, -0.2) is 25.8 Å². The van der Waals surface area contributed by atoms with E-state index < -0.39 is 17.6 Å². The second kappa shape index (κ2) is 7.44. The first kappa shape index (κ1) is 13.0. The van der Waals surface area contributed by atoms with Crippen LogP contribution in [0.5, 0.6) is 0 Å². The highest BCUT2D eigenvalue weighted by atomic mass is 19.3. The third-order valence-corrected chi connectivity index (χ3v) is 1.45. The normalized spacial score (nSPS) is 9.71. The van der Waals surface area contributed by atoms with Crippen LogP contribution in [0.25, 0.3) is 0 Å². The van der Waals surface area contributed by atoms with Gasteiger partial charge in [0, 0.05) is 13.0 Å². The minimum atomic E-state index is -2.00. The number of carbonyl (C=O) groups excluding carboxylic acids is 1. The van der Waals surface area contributed by atoms with Crippen LogP contribution in [0.3, 0.4) is 0 Å². The van der Waals surface area contributed by atoms with Crippen molar-refractivity contribution in [2.45, 2.75) is 20.3 Å². The maximum atomic E-state index is 12.2. The molecule has 0 aliphatic carbocycles. The number of hydrogen-bond acceptors (Lipinski definition) is 3. The van der Waals surface area contributed by atoms with Crippen LogP contribution in [0, 0.1) is 0 Å². The van der Waals surface area contributed by atoms with Crippen molar-refractivity contribution >= 4 is 5.97 Å². The van der Waals surface area contributed by atoms with Gasteiger partial charge in [-0.3, -0.25) is 0 Å². The van der Waals surface area contributed by atoms with Crippen LogP contribution in [0.4, 0.5) is 8.78 Å². The lowest BCUT2D eigenvalue weighted by atomic mass is 10.2. The Balaban J connectivity index is 4.18. The quantitative estimate of drug-likeness (QED) is 0.381. The lowest BCUT2D eigenvalue weighted by Crippen LogP contribution is -2.10. The first-order valence-corrected chi connectivity index (χ1v) is 4.42. The van der Waals surface area contributed by atoms with Crippen molar-refractivity contribution in [1.82, 2.24) is 0 Å². The Kier molecular flexibility index (Phi) is 6.92. The highest BCUT2D eigenvalue weighted by molar-refractivity contribution is 5.88. The zero-order chi connectivity index (χ0) is 11.0. The third kappa shape index (κ3) is 4.91. The number of halogens is 2. The average Bonchev–Trinajstić information content (AvgIpc) is 2.12. The van der Waals surface area contributed by atoms with Gasteiger partial charge < -0.3 is 9.47 Å². The summed E-state index contributed by atoms with van der Waals surface area (Å²) in [5.41, 5.74) is -0.597. The smallest absolute Gasteiger partial charge is 0.339 e. The molecule has 5 heteroatoms. The molecule has 0 rings (SSSR count). The number of carbonyl (C=O) groups is 1. The monoisotopic (exact) mass is 208 g/mol. The molecule has 0 atom stereocenters. The molecule has 0 N–H and O–H groups in total. The molecular weight excluding hydrogens is 194 g/mol. The van der Waals surface area contributed by atoms with Crippen LogP contribution in [0.2, 0.25) is 0 Å². The molecule has 0 saturated carbocycles. The van der Waals surface area contributed by atoms with E-state index in [1.165, 1.54) is 0 Å². The molecule has 82 valence electrons. The van der Waals surface area contributed by atoms with Crippen LogP contribution < -0.4 is 0 Å². The van der Waals surface area contributed by atoms with Crippen molar-refractivity contribution in [3.05, 3.63) is 11.7 Å². The average molecular weight is 208 g/mol. The zero-order valence-corrected chi connectivity index (χ0v) is 8.31. The number of ether oxygens (including phenoxy) is 2. The van der Waals surface area contributed by atoms with Gasteiger partial charge in [-0.2, -0.15) is 8.78 Å². The van der Waals surface area contributed by atoms with Crippen molar-refractivity contribution in [3.63, 3.8) is 0 Å². The van der Waals surface area contributed by atoms with E-state index in [-0.39, 0.29) is 19.6 Å². The Hall–Kier alpha value is -0.970. The van der Waals surface area contributed by atoms with Gasteiger partial charge in [-0.15, -0.1) is 0 Å². The van der Waals surface area contributed by atoms with Crippen molar-refractivity contribution in [2.24, 2.45) is 0 Å². The zero-order valence-electron chi connectivity index (χ0n) is 8.31. The lowest BCUT2D eigenvalue weighted by Gasteiger charge is -2.05. The summed E-state index contributed by atoms with van der Waals surface area (Å²) in [6.07, 6.45) is -2.11. The Labute approximate surface area is 81.7 Å². The minimum absolute atomic E-state index is 0.0875. The van der Waals surface area contributed by atoms with E-state index in [0.717, 1.165) is 0 Å². The molecule has 0 saturated heterocycles. The molecule has 0 spiro atoms. The van der Waals surface area contributed by atoms with E-state index in [1.54, 1.807) is 13.8 Å². The molecule has 0 radical (unpaired) electrons. The molecule has 0 bridgehead atoms. The minimum Gasteiger partial charge on any atom is -0.462 e. The first-order chi connectivity index (χ1) is 6.63. The number of rotatable bonds is 6. The molecule has 0 heterocycles. The molecule has 0 aromatic rings. The van der Waals surface area contributed by atoms with Gasteiger partial charge >= 0.3 is 5.97 Å². The third-order valence-electron chi connectivity index (χ3n) is 1.45. The molecule has 0 amide bonds. The van der Waals surface area contributed by atoms with E-state index in [1.807, 2.05) is 0 Å². The summed E-state index contributed by atoms with van der Waals surface area (Å²) in [4.78, 5) is 11.0. The Morgan fingerprint density at radius 1 is 1.21 bits per heavy atom. The SMILES string of the molecule is CCOCCC(C(=O)OCC)=C(F)F. The molecule has 0 unspecified atom stereocenters. The van der Waals surface area contributed by atoms with Crippen LogP contribution >= 0.6 is 0 Å². The highest BCUT2D eigenvalue weighted by Gasteiger charge is 2.16. The maximum absolute atomic E-state index is 12.2. The second-order valence-corrected chi connectivity index (χ2v) is 2.41. The molecule has 14 heavy (non-hydrogen) atoms. The molecule has 0 aliphatic rings. The van der Waals surface area contributed by atoms with E-state index in [2.05, 4.69) is 4.74 Å². The van der Waals surface area contributed by atoms with Gasteiger partial charge in [-0.05, 0) is 13.8 Å². The first-order valence-electron chi connectivity index (χ1n) is 4.42. The molecule has 0 aromatic carbocycles. The summed E-state index contributed by atoms with van der Waals surface area (Å²) in [7, 11) is 0. The molecule has 0 aromatic heterocycles. The van der Waals surface area contributed by atoms with Crippen molar-refractivity contribution < 1.29 is 23.0 Å². The number of hydrogen-bond donors (Lipinski definition) is 0. The molecular formula is C9H14F2O3. The van der Waals surface area contributed by atoms with Crippen LogP contribution in [0.1, 0.15) is 20.3 Å². The summed E-state index contributed by atoms with van der Waals surface area (Å²) in [6, 6.07) is 0. The Morgan fingerprint density at radius 2 is 1.86 bits per heavy atom. The van der Waals surface area contributed by atoms with E-state index >= 15 is 0 Å². The fourth-order valence-electron chi connectivity index (χ4n) is 0.810. The Morgan fingerprint density at radius 3 is 2.29 bits per heavy atom. The van der Waals surface area contributed by atoms with Gasteiger partial charge in [0.05, 0.1) is 13.2 Å². The van der Waals surface area contributed by atoms with Crippen LogP contribution in [0.15, 0.2) is 11.7 Å². The van der Waals surface area contributed by atoms with Crippen molar-refractivity contribution in [3.8, 4) is 0 Å². The van der Waals surface area contributed by atoms with Crippen molar-refractivity contribution in [1.29, 1.82) is 0 Å². The van der Waals surface area contributed by atoms with Gasteiger partial charge in [0.2, 0.25) is 0 Å². The Bertz CT molecular complexity index is 210. The van der Waals surface area contributed by atoms with Gasteiger partial charge in [-0.25, -0.2) is 4.79 Å². The summed E-state index contributed by atoms with van der Waals surface area (Å²) < 4.78 is 33.8. The molecule has 3 nitrogen and oxygen atoms in total. The number of esters is 1. The maximum Gasteiger partial charge on any atom is 0.339 e. The summed E-state index contributed by atoms with van der Waals surface area (Å²) in [6.45, 7) is 3.93. The van der Waals surface area contributed by atoms with Gasteiger partial charge in [0.25, 0.3) is 6.08 Å². The standard InChI is InChI=1S/C9H14F2O3/c1-3-13-6-5-7(8(10)11)9(12)14-4-2/h3-6H2,1-2H3. The van der Waals surface area contributed by atoms with Crippen LogP contribution in [-0.2, 0) is 14.3 Å². The van der Waals surface area contributed by atoms with Crippen molar-refractivity contribution in [2.75, 3.05) is 19.8 Å². The lowest BCUT2D eigenvalue weighted by molar-refractivity contribution is -0.139. The fourth-order valence-corrected chi connectivity index (χ4v) is 0.810. The van der Waals surface area contributed by atoms with Gasteiger partial charge in [-0.1, -0.05) is 0 Å². The highest BCUT2D eigenvalue weighted by Crippen LogP contribution is 2.13. The van der Waals surface area contributed by atoms with E-state index in [9.17, 15) is 13.6 Å². The predicted molar refractivity (Wildman–Crippen MR) is 47.0 cm³/mol. The topological polar surface area (TPSA) is 35.5 Å². The predicted octanol–water partition coefficient (Wildman–Crippen LogP) is 2.13. The fraction of sp³-hybridized carbons (Fsp3) is 0.667. The van der Waals surface area contributed by atoms with Gasteiger partial charge in [0.1, 0.15) is 5.57 Å². The summed E-state index contributed by atoms with van der Waals surface area (Å²) in [5, 5.41) is 0. The summed E-state index contributed by atoms with van der Waals surface area (Å²) >= 11 is 0. The van der Waals surface area contributed by atoms with E-state index in [0.29, 0.717) is 6.61 Å². The van der Waals surface area contributed by atoms with E-state index in [4.69, 9.17) is 4.74 Å².